The Morgan fingerprint density at radius 2 is 1.16 bits per heavy atom. The zero-order valence-corrected chi connectivity index (χ0v) is 20.3. The van der Waals surface area contributed by atoms with E-state index in [0.717, 1.165) is 18.4 Å². The number of aromatic hydroxyl groups is 1. The van der Waals surface area contributed by atoms with Crippen molar-refractivity contribution in [3.63, 3.8) is 0 Å². The lowest BCUT2D eigenvalue weighted by atomic mass is 10.0. The number of phenolic OH excluding ortho intramolecular Hbond substituents is 1. The minimum atomic E-state index is 0.136. The summed E-state index contributed by atoms with van der Waals surface area (Å²) in [6.07, 6.45) is 24.4. The van der Waals surface area contributed by atoms with Gasteiger partial charge in [-0.25, -0.2) is 0 Å². The van der Waals surface area contributed by atoms with Crippen LogP contribution in [0.4, 0.5) is 0 Å². The minimum Gasteiger partial charge on any atom is -0.508 e. The Kier molecular flexibility index (Phi) is 18.1. The summed E-state index contributed by atoms with van der Waals surface area (Å²) >= 11 is 0. The van der Waals surface area contributed by atoms with Crippen molar-refractivity contribution < 1.29 is 9.90 Å². The molecule has 0 aromatic heterocycles. The maximum absolute atomic E-state index is 11.9. The molecule has 0 bridgehead atoms. The lowest BCUT2D eigenvalue weighted by molar-refractivity contribution is -0.121. The zero-order chi connectivity index (χ0) is 22.4. The SMILES string of the molecule is CCCCCCCCCCCCCCCCCCCC(=O)NCCc1ccccc1O. The van der Waals surface area contributed by atoms with Crippen LogP contribution in [0.15, 0.2) is 24.3 Å². The van der Waals surface area contributed by atoms with Crippen LogP contribution in [0.25, 0.3) is 0 Å². The van der Waals surface area contributed by atoms with Crippen LogP contribution >= 0.6 is 0 Å². The number of unbranched alkanes of at least 4 members (excludes halogenated alkanes) is 16. The predicted molar refractivity (Wildman–Crippen MR) is 134 cm³/mol. The molecule has 0 unspecified atom stereocenters. The van der Waals surface area contributed by atoms with Crippen molar-refractivity contribution >= 4 is 5.91 Å². The molecular formula is C28H49NO2. The van der Waals surface area contributed by atoms with Gasteiger partial charge in [0.25, 0.3) is 0 Å². The molecule has 0 fully saturated rings. The number of phenols is 1. The third-order valence-electron chi connectivity index (χ3n) is 6.22. The highest BCUT2D eigenvalue weighted by molar-refractivity contribution is 5.75. The standard InChI is InChI=1S/C28H49NO2/c1-2-3-4-5-6-7-8-9-10-11-12-13-14-15-16-17-18-23-28(31)29-25-24-26-21-19-20-22-27(26)30/h19-22,30H,2-18,23-25H2,1H3,(H,29,31). The molecule has 0 saturated carbocycles. The molecule has 0 atom stereocenters. The normalized spacial score (nSPS) is 11.0. The van der Waals surface area contributed by atoms with Crippen molar-refractivity contribution in [2.24, 2.45) is 0 Å². The maximum Gasteiger partial charge on any atom is 0.220 e. The molecule has 0 aliphatic rings. The number of carbonyl (C=O) groups excluding carboxylic acids is 1. The molecule has 0 saturated heterocycles. The fraction of sp³-hybridized carbons (Fsp3) is 0.750. The van der Waals surface area contributed by atoms with Gasteiger partial charge < -0.3 is 10.4 Å². The van der Waals surface area contributed by atoms with Crippen LogP contribution in [0, 0.1) is 0 Å². The number of amides is 1. The van der Waals surface area contributed by atoms with Gasteiger partial charge in [0.2, 0.25) is 5.91 Å². The van der Waals surface area contributed by atoms with Crippen LogP contribution in [0.5, 0.6) is 5.75 Å². The zero-order valence-electron chi connectivity index (χ0n) is 20.3. The third-order valence-corrected chi connectivity index (χ3v) is 6.22. The van der Waals surface area contributed by atoms with Gasteiger partial charge in [-0.1, -0.05) is 128 Å². The number of rotatable bonds is 21. The van der Waals surface area contributed by atoms with Crippen molar-refractivity contribution in [2.75, 3.05) is 6.54 Å². The number of hydrogen-bond donors (Lipinski definition) is 2. The van der Waals surface area contributed by atoms with Gasteiger partial charge in [0.1, 0.15) is 5.75 Å². The Labute approximate surface area is 192 Å². The highest BCUT2D eigenvalue weighted by atomic mass is 16.3. The topological polar surface area (TPSA) is 49.3 Å². The van der Waals surface area contributed by atoms with E-state index in [4.69, 9.17) is 0 Å². The smallest absolute Gasteiger partial charge is 0.220 e. The summed E-state index contributed by atoms with van der Waals surface area (Å²) in [4.78, 5) is 11.9. The second-order valence-corrected chi connectivity index (χ2v) is 9.14. The number of nitrogens with one attached hydrogen (secondary N) is 1. The Morgan fingerprint density at radius 3 is 1.65 bits per heavy atom. The fourth-order valence-electron chi connectivity index (χ4n) is 4.16. The summed E-state index contributed by atoms with van der Waals surface area (Å²) in [6.45, 7) is 2.87. The number of benzene rings is 1. The molecule has 1 rings (SSSR count). The lowest BCUT2D eigenvalue weighted by Crippen LogP contribution is -2.25. The van der Waals surface area contributed by atoms with E-state index in [2.05, 4.69) is 12.2 Å². The molecule has 178 valence electrons. The minimum absolute atomic E-state index is 0.136. The highest BCUT2D eigenvalue weighted by Crippen LogP contribution is 2.16. The maximum atomic E-state index is 11.9. The van der Waals surface area contributed by atoms with Crippen LogP contribution in [-0.2, 0) is 11.2 Å². The molecule has 0 heterocycles. The molecule has 1 amide bonds. The van der Waals surface area contributed by atoms with Gasteiger partial charge in [-0.15, -0.1) is 0 Å². The first-order chi connectivity index (χ1) is 15.2. The average molecular weight is 432 g/mol. The van der Waals surface area contributed by atoms with E-state index in [1.54, 1.807) is 6.07 Å². The Balaban J connectivity index is 1.77. The van der Waals surface area contributed by atoms with E-state index in [-0.39, 0.29) is 5.91 Å². The number of hydrogen-bond acceptors (Lipinski definition) is 2. The lowest BCUT2D eigenvalue weighted by Gasteiger charge is -2.07. The summed E-state index contributed by atoms with van der Waals surface area (Å²) < 4.78 is 0. The van der Waals surface area contributed by atoms with Gasteiger partial charge >= 0.3 is 0 Å². The average Bonchev–Trinajstić information content (AvgIpc) is 2.77. The Bertz CT molecular complexity index is 544. The molecule has 3 heteroatoms. The molecule has 2 N–H and O–H groups in total. The second kappa shape index (κ2) is 20.4. The van der Waals surface area contributed by atoms with Crippen molar-refractivity contribution in [3.8, 4) is 5.75 Å². The predicted octanol–water partition coefficient (Wildman–Crippen LogP) is 8.09. The van der Waals surface area contributed by atoms with Gasteiger partial charge in [0.15, 0.2) is 0 Å². The third kappa shape index (κ3) is 16.8. The molecule has 3 nitrogen and oxygen atoms in total. The summed E-state index contributed by atoms with van der Waals surface area (Å²) in [5.41, 5.74) is 0.889. The van der Waals surface area contributed by atoms with E-state index >= 15 is 0 Å². The molecular weight excluding hydrogens is 382 g/mol. The Hall–Kier alpha value is -1.51. The van der Waals surface area contributed by atoms with Gasteiger partial charge in [-0.05, 0) is 24.5 Å². The van der Waals surface area contributed by atoms with E-state index in [9.17, 15) is 9.90 Å². The van der Waals surface area contributed by atoms with E-state index in [0.29, 0.717) is 25.1 Å². The second-order valence-electron chi connectivity index (χ2n) is 9.14. The summed E-state index contributed by atoms with van der Waals surface area (Å²) in [7, 11) is 0. The van der Waals surface area contributed by atoms with Crippen molar-refractivity contribution in [1.29, 1.82) is 0 Å². The van der Waals surface area contributed by atoms with E-state index in [1.807, 2.05) is 18.2 Å². The van der Waals surface area contributed by atoms with Gasteiger partial charge in [-0.2, -0.15) is 0 Å². The van der Waals surface area contributed by atoms with Crippen molar-refractivity contribution in [3.05, 3.63) is 29.8 Å². The monoisotopic (exact) mass is 431 g/mol. The van der Waals surface area contributed by atoms with Crippen LogP contribution in [0.2, 0.25) is 0 Å². The summed E-state index contributed by atoms with van der Waals surface area (Å²) in [6, 6.07) is 7.32. The fourth-order valence-corrected chi connectivity index (χ4v) is 4.16. The number of carbonyl (C=O) groups is 1. The molecule has 0 aliphatic carbocycles. The molecule has 0 aliphatic heterocycles. The highest BCUT2D eigenvalue weighted by Gasteiger charge is 2.03. The van der Waals surface area contributed by atoms with Crippen molar-refractivity contribution in [2.45, 2.75) is 129 Å². The first kappa shape index (κ1) is 27.5. The summed E-state index contributed by atoms with van der Waals surface area (Å²) in [5, 5.41) is 12.7. The first-order valence-corrected chi connectivity index (χ1v) is 13.3. The van der Waals surface area contributed by atoms with Gasteiger partial charge in [0, 0.05) is 13.0 Å². The van der Waals surface area contributed by atoms with E-state index < -0.39 is 0 Å². The quantitative estimate of drug-likeness (QED) is 0.193. The molecule has 1 aromatic carbocycles. The van der Waals surface area contributed by atoms with Crippen LogP contribution < -0.4 is 5.32 Å². The Morgan fingerprint density at radius 1 is 0.710 bits per heavy atom. The number of para-hydroxylation sites is 1. The molecule has 0 spiro atoms. The van der Waals surface area contributed by atoms with Crippen LogP contribution in [0.3, 0.4) is 0 Å². The van der Waals surface area contributed by atoms with Crippen LogP contribution in [0.1, 0.15) is 128 Å². The van der Waals surface area contributed by atoms with E-state index in [1.165, 1.54) is 96.3 Å². The van der Waals surface area contributed by atoms with Gasteiger partial charge in [0.05, 0.1) is 0 Å². The molecule has 31 heavy (non-hydrogen) atoms. The first-order valence-electron chi connectivity index (χ1n) is 13.3. The molecule has 0 radical (unpaired) electrons. The largest absolute Gasteiger partial charge is 0.508 e. The van der Waals surface area contributed by atoms with Crippen LogP contribution in [-0.4, -0.2) is 17.6 Å². The molecule has 1 aromatic rings. The summed E-state index contributed by atoms with van der Waals surface area (Å²) in [5.74, 6) is 0.446. The van der Waals surface area contributed by atoms with Gasteiger partial charge in [-0.3, -0.25) is 4.79 Å². The van der Waals surface area contributed by atoms with Crippen molar-refractivity contribution in [1.82, 2.24) is 5.32 Å².